The van der Waals surface area contributed by atoms with E-state index in [0.29, 0.717) is 0 Å². The van der Waals surface area contributed by atoms with Gasteiger partial charge in [0.05, 0.1) is 13.1 Å². The van der Waals surface area contributed by atoms with Gasteiger partial charge in [-0.3, -0.25) is 0 Å². The molecule has 2 atom stereocenters. The van der Waals surface area contributed by atoms with Gasteiger partial charge in [-0.1, -0.05) is 0 Å². The minimum Gasteiger partial charge on any atom is -0.335 e. The Balaban J connectivity index is 3.67. The van der Waals surface area contributed by atoms with Crippen LogP contribution >= 0.6 is 0 Å². The lowest BCUT2D eigenvalue weighted by Gasteiger charge is -2.11. The lowest BCUT2D eigenvalue weighted by atomic mass is 10.4. The number of halogens is 6. The van der Waals surface area contributed by atoms with Crippen LogP contribution < -0.4 is 10.6 Å². The monoisotopic (exact) mass is 252 g/mol. The van der Waals surface area contributed by atoms with Crippen molar-refractivity contribution >= 4 is 6.03 Å². The molecule has 0 radical (unpaired) electrons. The van der Waals surface area contributed by atoms with Gasteiger partial charge in [-0.05, 0) is 0 Å². The molecule has 0 bridgehead atoms. The lowest BCUT2D eigenvalue weighted by Crippen LogP contribution is -2.43. The van der Waals surface area contributed by atoms with Crippen LogP contribution in [0.15, 0.2) is 0 Å². The normalized spacial score (nSPS) is 15.0. The molecule has 0 aromatic heterocycles. The summed E-state index contributed by atoms with van der Waals surface area (Å²) in [6.45, 7) is -1.95. The Bertz CT molecular complexity index is 195. The van der Waals surface area contributed by atoms with Crippen LogP contribution in [0.4, 0.5) is 31.1 Å². The van der Waals surface area contributed by atoms with Gasteiger partial charge in [0.1, 0.15) is 0 Å². The van der Waals surface area contributed by atoms with E-state index in [1.165, 1.54) is 0 Å². The highest BCUT2D eigenvalue weighted by atomic mass is 19.3. The standard InChI is InChI=1S/C7H10F6N2O/c8-3(5(10)11)1-14-7(16)15-2-4(9)6(12)13/h3-6H,1-2H2,(H2,14,15,16). The summed E-state index contributed by atoms with van der Waals surface area (Å²) in [5.74, 6) is 0. The Morgan fingerprint density at radius 1 is 0.812 bits per heavy atom. The molecule has 96 valence electrons. The fourth-order valence-corrected chi connectivity index (χ4v) is 0.621. The van der Waals surface area contributed by atoms with Gasteiger partial charge in [0, 0.05) is 0 Å². The first kappa shape index (κ1) is 14.8. The molecule has 9 heteroatoms. The predicted molar refractivity (Wildman–Crippen MR) is 43.2 cm³/mol. The topological polar surface area (TPSA) is 41.1 Å². The third-order valence-electron chi connectivity index (χ3n) is 1.46. The van der Waals surface area contributed by atoms with Crippen LogP contribution in [0.5, 0.6) is 0 Å². The minimum absolute atomic E-state index is 0.977. The van der Waals surface area contributed by atoms with Crippen LogP contribution in [0.1, 0.15) is 0 Å². The van der Waals surface area contributed by atoms with Gasteiger partial charge in [-0.25, -0.2) is 31.1 Å². The van der Waals surface area contributed by atoms with E-state index in [9.17, 15) is 31.1 Å². The Hall–Kier alpha value is -1.15. The highest BCUT2D eigenvalue weighted by Crippen LogP contribution is 2.04. The number of urea groups is 1. The SMILES string of the molecule is O=C(NCC(F)C(F)F)NCC(F)C(F)F. The molecule has 0 saturated carbocycles. The van der Waals surface area contributed by atoms with E-state index >= 15 is 0 Å². The number of amides is 2. The number of hydrogen-bond donors (Lipinski definition) is 2. The fourth-order valence-electron chi connectivity index (χ4n) is 0.621. The minimum atomic E-state index is -3.25. The maximum Gasteiger partial charge on any atom is 0.314 e. The summed E-state index contributed by atoms with van der Waals surface area (Å²) in [6.07, 6.45) is -11.6. The van der Waals surface area contributed by atoms with E-state index in [0.717, 1.165) is 0 Å². The quantitative estimate of drug-likeness (QED) is 0.691. The van der Waals surface area contributed by atoms with Crippen molar-refractivity contribution in [3.05, 3.63) is 0 Å². The first-order valence-electron chi connectivity index (χ1n) is 4.20. The van der Waals surface area contributed by atoms with Crippen LogP contribution in [0.25, 0.3) is 0 Å². The highest BCUT2D eigenvalue weighted by molar-refractivity contribution is 5.73. The van der Waals surface area contributed by atoms with Crippen LogP contribution in [-0.2, 0) is 0 Å². The summed E-state index contributed by atoms with van der Waals surface area (Å²) in [7, 11) is 0. The van der Waals surface area contributed by atoms with Gasteiger partial charge in [0.15, 0.2) is 12.3 Å². The number of carbonyl (C=O) groups is 1. The summed E-state index contributed by atoms with van der Waals surface area (Å²) in [6, 6.07) is -1.19. The van der Waals surface area contributed by atoms with Crippen molar-refractivity contribution in [3.63, 3.8) is 0 Å². The number of carbonyl (C=O) groups excluding carboxylic acids is 1. The van der Waals surface area contributed by atoms with E-state index < -0.39 is 44.3 Å². The Labute approximate surface area is 87.2 Å². The van der Waals surface area contributed by atoms with Crippen molar-refractivity contribution in [2.24, 2.45) is 0 Å². The van der Waals surface area contributed by atoms with Crippen LogP contribution in [0, 0.1) is 0 Å². The van der Waals surface area contributed by atoms with Gasteiger partial charge in [-0.15, -0.1) is 0 Å². The summed E-state index contributed by atoms with van der Waals surface area (Å²) in [4.78, 5) is 10.7. The van der Waals surface area contributed by atoms with Gasteiger partial charge in [0.2, 0.25) is 0 Å². The second-order valence-corrected chi connectivity index (χ2v) is 2.79. The van der Waals surface area contributed by atoms with Crippen LogP contribution in [0.3, 0.4) is 0 Å². The molecule has 0 rings (SSSR count). The third-order valence-corrected chi connectivity index (χ3v) is 1.46. The van der Waals surface area contributed by atoms with Crippen molar-refractivity contribution < 1.29 is 31.1 Å². The Morgan fingerprint density at radius 3 is 1.38 bits per heavy atom. The molecule has 2 N–H and O–H groups in total. The zero-order valence-corrected chi connectivity index (χ0v) is 7.90. The molecule has 0 spiro atoms. The van der Waals surface area contributed by atoms with Gasteiger partial charge >= 0.3 is 6.03 Å². The number of hydrogen-bond acceptors (Lipinski definition) is 1. The lowest BCUT2D eigenvalue weighted by molar-refractivity contribution is 0.0489. The zero-order chi connectivity index (χ0) is 12.7. The smallest absolute Gasteiger partial charge is 0.314 e. The maximum atomic E-state index is 12.2. The van der Waals surface area contributed by atoms with Crippen molar-refractivity contribution in [3.8, 4) is 0 Å². The fraction of sp³-hybridized carbons (Fsp3) is 0.857. The third kappa shape index (κ3) is 6.36. The molecular weight excluding hydrogens is 242 g/mol. The molecular formula is C7H10F6N2O. The molecule has 0 heterocycles. The molecule has 3 nitrogen and oxygen atoms in total. The molecule has 0 aromatic rings. The first-order valence-corrected chi connectivity index (χ1v) is 4.20. The maximum absolute atomic E-state index is 12.2. The molecule has 0 fully saturated rings. The zero-order valence-electron chi connectivity index (χ0n) is 7.90. The van der Waals surface area contributed by atoms with E-state index in [2.05, 4.69) is 0 Å². The molecule has 0 saturated heterocycles. The van der Waals surface area contributed by atoms with Gasteiger partial charge < -0.3 is 10.6 Å². The van der Waals surface area contributed by atoms with Crippen molar-refractivity contribution in [1.82, 2.24) is 10.6 Å². The Kier molecular flexibility index (Phi) is 6.66. The summed E-state index contributed by atoms with van der Waals surface area (Å²) < 4.78 is 70.8. The molecule has 0 aliphatic carbocycles. The summed E-state index contributed by atoms with van der Waals surface area (Å²) >= 11 is 0. The average molecular weight is 252 g/mol. The Morgan fingerprint density at radius 2 is 1.12 bits per heavy atom. The number of alkyl halides is 6. The predicted octanol–water partition coefficient (Wildman–Crippen LogP) is 1.49. The summed E-state index contributed by atoms with van der Waals surface area (Å²) in [5.41, 5.74) is 0. The molecule has 0 aliphatic rings. The average Bonchev–Trinajstić information content (AvgIpc) is 2.21. The highest BCUT2D eigenvalue weighted by Gasteiger charge is 2.21. The van der Waals surface area contributed by atoms with Crippen molar-refractivity contribution in [1.29, 1.82) is 0 Å². The van der Waals surface area contributed by atoms with E-state index in [1.807, 2.05) is 0 Å². The van der Waals surface area contributed by atoms with Gasteiger partial charge in [-0.2, -0.15) is 0 Å². The van der Waals surface area contributed by atoms with Crippen LogP contribution in [0.2, 0.25) is 0 Å². The second kappa shape index (κ2) is 7.18. The van der Waals surface area contributed by atoms with Gasteiger partial charge in [0.25, 0.3) is 12.9 Å². The summed E-state index contributed by atoms with van der Waals surface area (Å²) in [5, 5.41) is 3.28. The van der Waals surface area contributed by atoms with E-state index in [1.54, 1.807) is 10.6 Å². The van der Waals surface area contributed by atoms with E-state index in [4.69, 9.17) is 0 Å². The largest absolute Gasteiger partial charge is 0.335 e. The molecule has 2 amide bonds. The molecule has 0 aromatic carbocycles. The van der Waals surface area contributed by atoms with E-state index in [-0.39, 0.29) is 0 Å². The van der Waals surface area contributed by atoms with Crippen molar-refractivity contribution in [2.45, 2.75) is 25.2 Å². The first-order chi connectivity index (χ1) is 7.34. The van der Waals surface area contributed by atoms with Crippen LogP contribution in [-0.4, -0.2) is 44.3 Å². The number of rotatable bonds is 6. The number of nitrogens with one attached hydrogen (secondary N) is 2. The molecule has 16 heavy (non-hydrogen) atoms. The second-order valence-electron chi connectivity index (χ2n) is 2.79. The molecule has 0 aliphatic heterocycles. The molecule has 2 unspecified atom stereocenters. The van der Waals surface area contributed by atoms with Crippen molar-refractivity contribution in [2.75, 3.05) is 13.1 Å².